The zero-order chi connectivity index (χ0) is 7.11. The first-order valence-corrected chi connectivity index (χ1v) is 2.32. The third kappa shape index (κ3) is 3.28. The molecule has 50 valence electrons. The van der Waals surface area contributed by atoms with Crippen molar-refractivity contribution >= 4 is 12.4 Å². The number of hydrogen-bond acceptors (Lipinski definition) is 4. The summed E-state index contributed by atoms with van der Waals surface area (Å²) in [5.74, 6) is 0.160. The number of nitrogens with zero attached hydrogens (tertiary/aromatic N) is 1. The molecule has 0 aromatic rings. The van der Waals surface area contributed by atoms with Crippen LogP contribution in [0.1, 0.15) is 0 Å². The lowest BCUT2D eigenvalue weighted by Crippen LogP contribution is -2.05. The van der Waals surface area contributed by atoms with E-state index in [-0.39, 0.29) is 12.4 Å². The molecule has 0 bridgehead atoms. The van der Waals surface area contributed by atoms with Crippen LogP contribution < -0.4 is 5.43 Å². The van der Waals surface area contributed by atoms with Crippen LogP contribution in [0, 0.1) is 0 Å². The summed E-state index contributed by atoms with van der Waals surface area (Å²) in [6, 6.07) is 0. The highest BCUT2D eigenvalue weighted by molar-refractivity contribution is 5.90. The fraction of sp³-hybridized carbons (Fsp3) is 0.200. The number of carbonyl (C=O) groups is 1. The van der Waals surface area contributed by atoms with Crippen LogP contribution in [0.4, 0.5) is 0 Å². The summed E-state index contributed by atoms with van der Waals surface area (Å²) in [7, 11) is 1.59. The molecule has 0 aromatic carbocycles. The molecule has 0 saturated carbocycles. The molecule has 0 heterocycles. The van der Waals surface area contributed by atoms with Crippen molar-refractivity contribution < 1.29 is 9.53 Å². The summed E-state index contributed by atoms with van der Waals surface area (Å²) >= 11 is 0. The summed E-state index contributed by atoms with van der Waals surface area (Å²) < 4.78 is 4.32. The monoisotopic (exact) mass is 128 g/mol. The maximum Gasteiger partial charge on any atom is 0.299 e. The molecular weight excluding hydrogens is 120 g/mol. The largest absolute Gasteiger partial charge is 0.408 e. The highest BCUT2D eigenvalue weighted by Gasteiger charge is 1.87. The van der Waals surface area contributed by atoms with E-state index in [2.05, 4.69) is 21.8 Å². The van der Waals surface area contributed by atoms with Crippen LogP contribution in [0.3, 0.4) is 0 Å². The van der Waals surface area contributed by atoms with Crippen molar-refractivity contribution in [1.82, 2.24) is 5.43 Å². The van der Waals surface area contributed by atoms with Crippen molar-refractivity contribution in [2.75, 3.05) is 7.05 Å². The van der Waals surface area contributed by atoms with Gasteiger partial charge in [-0.25, -0.2) is 0 Å². The smallest absolute Gasteiger partial charge is 0.299 e. The summed E-state index contributed by atoms with van der Waals surface area (Å²) in [5.41, 5.74) is 2.44. The molecule has 0 spiro atoms. The first-order valence-electron chi connectivity index (χ1n) is 2.32. The zero-order valence-electron chi connectivity index (χ0n) is 5.13. The van der Waals surface area contributed by atoms with E-state index in [4.69, 9.17) is 0 Å². The molecule has 9 heavy (non-hydrogen) atoms. The molecule has 0 aliphatic carbocycles. The van der Waals surface area contributed by atoms with Gasteiger partial charge in [0.1, 0.15) is 0 Å². The van der Waals surface area contributed by atoms with Gasteiger partial charge in [-0.2, -0.15) is 0 Å². The van der Waals surface area contributed by atoms with Crippen molar-refractivity contribution in [3.8, 4) is 0 Å². The average molecular weight is 128 g/mol. The highest BCUT2D eigenvalue weighted by Crippen LogP contribution is 1.76. The standard InChI is InChI=1S/C5H8N2O2/c1-3-5(7-6-2)9-4-8/h3-4,6H,1H2,2H3/b7-5-. The van der Waals surface area contributed by atoms with Crippen molar-refractivity contribution in [3.63, 3.8) is 0 Å². The first kappa shape index (κ1) is 7.68. The third-order valence-corrected chi connectivity index (χ3v) is 0.565. The van der Waals surface area contributed by atoms with Crippen LogP contribution in [-0.2, 0) is 9.53 Å². The third-order valence-electron chi connectivity index (χ3n) is 0.565. The van der Waals surface area contributed by atoms with Crippen molar-refractivity contribution in [1.29, 1.82) is 0 Å². The zero-order valence-corrected chi connectivity index (χ0v) is 5.13. The van der Waals surface area contributed by atoms with Gasteiger partial charge in [-0.1, -0.05) is 6.58 Å². The lowest BCUT2D eigenvalue weighted by Gasteiger charge is -1.93. The van der Waals surface area contributed by atoms with Gasteiger partial charge in [0.25, 0.3) is 6.47 Å². The second-order valence-corrected chi connectivity index (χ2v) is 1.09. The summed E-state index contributed by atoms with van der Waals surface area (Å²) in [5, 5.41) is 3.53. The Labute approximate surface area is 53.2 Å². The Hall–Kier alpha value is -1.32. The quantitative estimate of drug-likeness (QED) is 0.249. The maximum atomic E-state index is 9.67. The predicted octanol–water partition coefficient (Wildman–Crippen LogP) is -0.122. The number of ether oxygens (including phenoxy) is 1. The number of rotatable bonds is 3. The second kappa shape index (κ2) is 4.83. The van der Waals surface area contributed by atoms with Gasteiger partial charge < -0.3 is 10.2 Å². The topological polar surface area (TPSA) is 50.7 Å². The Bertz CT molecular complexity index is 131. The Kier molecular flexibility index (Phi) is 4.12. The van der Waals surface area contributed by atoms with Gasteiger partial charge in [-0.3, -0.25) is 4.79 Å². The Morgan fingerprint density at radius 3 is 2.89 bits per heavy atom. The van der Waals surface area contributed by atoms with Crippen LogP contribution in [-0.4, -0.2) is 19.4 Å². The van der Waals surface area contributed by atoms with Crippen molar-refractivity contribution in [2.45, 2.75) is 0 Å². The molecule has 0 aliphatic rings. The number of hydrogen-bond donors (Lipinski definition) is 1. The molecule has 0 amide bonds. The molecule has 0 aromatic heterocycles. The minimum atomic E-state index is 0.160. The van der Waals surface area contributed by atoms with E-state index in [1.807, 2.05) is 0 Å². The van der Waals surface area contributed by atoms with E-state index in [1.54, 1.807) is 7.05 Å². The summed E-state index contributed by atoms with van der Waals surface area (Å²) in [6.07, 6.45) is 1.32. The lowest BCUT2D eigenvalue weighted by atomic mass is 10.6. The van der Waals surface area contributed by atoms with Crippen LogP contribution in [0.25, 0.3) is 0 Å². The fourth-order valence-electron chi connectivity index (χ4n) is 0.280. The summed E-state index contributed by atoms with van der Waals surface area (Å²) in [6.45, 7) is 3.63. The summed E-state index contributed by atoms with van der Waals surface area (Å²) in [4.78, 5) is 9.67. The highest BCUT2D eigenvalue weighted by atomic mass is 16.5. The number of hydrazone groups is 1. The number of nitrogens with one attached hydrogen (secondary N) is 1. The van der Waals surface area contributed by atoms with Gasteiger partial charge in [-0.15, -0.1) is 5.10 Å². The molecule has 4 nitrogen and oxygen atoms in total. The minimum absolute atomic E-state index is 0.160. The predicted molar refractivity (Wildman–Crippen MR) is 33.8 cm³/mol. The van der Waals surface area contributed by atoms with Gasteiger partial charge in [-0.05, 0) is 6.08 Å². The lowest BCUT2D eigenvalue weighted by molar-refractivity contribution is -0.121. The first-order chi connectivity index (χ1) is 4.35. The SMILES string of the molecule is C=C/C(=N/NC)OC=O. The Balaban J connectivity index is 3.80. The fourth-order valence-corrected chi connectivity index (χ4v) is 0.280. The van der Waals surface area contributed by atoms with E-state index >= 15 is 0 Å². The minimum Gasteiger partial charge on any atom is -0.408 e. The van der Waals surface area contributed by atoms with E-state index in [0.717, 1.165) is 0 Å². The van der Waals surface area contributed by atoms with Crippen LogP contribution >= 0.6 is 0 Å². The van der Waals surface area contributed by atoms with Gasteiger partial charge in [0, 0.05) is 7.05 Å². The molecule has 0 saturated heterocycles. The van der Waals surface area contributed by atoms with Crippen LogP contribution in [0.5, 0.6) is 0 Å². The molecule has 0 radical (unpaired) electrons. The molecule has 0 unspecified atom stereocenters. The van der Waals surface area contributed by atoms with Crippen LogP contribution in [0.15, 0.2) is 17.8 Å². The van der Waals surface area contributed by atoms with Gasteiger partial charge in [0.2, 0.25) is 5.90 Å². The second-order valence-electron chi connectivity index (χ2n) is 1.09. The molecular formula is C5H8N2O2. The van der Waals surface area contributed by atoms with Gasteiger partial charge in [0.05, 0.1) is 0 Å². The molecule has 0 fully saturated rings. The molecule has 4 heteroatoms. The number of carbonyl (C=O) groups excluding carboxylic acids is 1. The van der Waals surface area contributed by atoms with Crippen molar-refractivity contribution in [3.05, 3.63) is 12.7 Å². The van der Waals surface area contributed by atoms with E-state index in [0.29, 0.717) is 0 Å². The Morgan fingerprint density at radius 1 is 1.89 bits per heavy atom. The molecule has 0 aliphatic heterocycles. The van der Waals surface area contributed by atoms with Crippen LogP contribution in [0.2, 0.25) is 0 Å². The van der Waals surface area contributed by atoms with E-state index in [9.17, 15) is 4.79 Å². The maximum absolute atomic E-state index is 9.67. The van der Waals surface area contributed by atoms with Crippen molar-refractivity contribution in [2.24, 2.45) is 5.10 Å². The molecule has 0 atom stereocenters. The average Bonchev–Trinajstić information content (AvgIpc) is 1.88. The Morgan fingerprint density at radius 2 is 2.56 bits per heavy atom. The molecule has 0 rings (SSSR count). The van der Waals surface area contributed by atoms with Gasteiger partial charge in [0.15, 0.2) is 0 Å². The van der Waals surface area contributed by atoms with Gasteiger partial charge >= 0.3 is 0 Å². The molecule has 1 N–H and O–H groups in total. The normalized spacial score (nSPS) is 10.1. The van der Waals surface area contributed by atoms with E-state index in [1.165, 1.54) is 6.08 Å². The van der Waals surface area contributed by atoms with E-state index < -0.39 is 0 Å².